The van der Waals surface area contributed by atoms with Crippen LogP contribution in [0.5, 0.6) is 11.5 Å². The summed E-state index contributed by atoms with van der Waals surface area (Å²) >= 11 is 0. The minimum atomic E-state index is -0.948. The second-order valence-corrected chi connectivity index (χ2v) is 8.56. The topological polar surface area (TPSA) is 104 Å². The lowest BCUT2D eigenvalue weighted by Crippen LogP contribution is -2.20. The number of carbonyl (C=O) groups excluding carboxylic acids is 1. The Morgan fingerprint density at radius 2 is 1.28 bits per heavy atom. The normalized spacial score (nSPS) is 17.1. The highest BCUT2D eigenvalue weighted by molar-refractivity contribution is 5.92. The van der Waals surface area contributed by atoms with Gasteiger partial charge in [-0.25, -0.2) is 9.59 Å². The van der Waals surface area contributed by atoms with E-state index in [2.05, 4.69) is 0 Å². The van der Waals surface area contributed by atoms with Gasteiger partial charge in [-0.05, 0) is 68.7 Å². The summed E-state index contributed by atoms with van der Waals surface area (Å²) in [6, 6.07) is 11.2. The van der Waals surface area contributed by atoms with Crippen molar-refractivity contribution in [2.24, 2.45) is 0 Å². The minimum Gasteiger partial charge on any atom is -0.508 e. The molecule has 0 amide bonds. The molecule has 4 rings (SSSR count). The second-order valence-electron chi connectivity index (χ2n) is 8.56. The van der Waals surface area contributed by atoms with Crippen LogP contribution < -0.4 is 0 Å². The van der Waals surface area contributed by atoms with Gasteiger partial charge in [0.2, 0.25) is 0 Å². The zero-order valence-corrected chi connectivity index (χ0v) is 18.3. The third-order valence-electron chi connectivity index (χ3n) is 6.28. The summed E-state index contributed by atoms with van der Waals surface area (Å²) < 4.78 is 5.36. The molecule has 0 bridgehead atoms. The molecule has 0 unspecified atom stereocenters. The molecule has 0 spiro atoms. The predicted octanol–water partition coefficient (Wildman–Crippen LogP) is 6.02. The summed E-state index contributed by atoms with van der Waals surface area (Å²) in [5, 5.41) is 28.4. The first-order chi connectivity index (χ1) is 15.5. The second kappa shape index (κ2) is 11.6. The van der Waals surface area contributed by atoms with Crippen molar-refractivity contribution in [2.45, 2.75) is 76.2 Å². The molecule has 0 aromatic heterocycles. The van der Waals surface area contributed by atoms with Gasteiger partial charge >= 0.3 is 11.9 Å². The van der Waals surface area contributed by atoms with Crippen LogP contribution in [0.3, 0.4) is 0 Å². The molecule has 0 atom stereocenters. The summed E-state index contributed by atoms with van der Waals surface area (Å²) in [6.45, 7) is 0. The van der Waals surface area contributed by atoms with Crippen molar-refractivity contribution < 1.29 is 29.6 Å². The first-order valence-corrected chi connectivity index (χ1v) is 11.5. The first kappa shape index (κ1) is 23.6. The van der Waals surface area contributed by atoms with Gasteiger partial charge in [0.25, 0.3) is 0 Å². The van der Waals surface area contributed by atoms with E-state index >= 15 is 0 Å². The highest BCUT2D eigenvalue weighted by Gasteiger charge is 2.24. The van der Waals surface area contributed by atoms with Crippen LogP contribution >= 0.6 is 0 Å². The van der Waals surface area contributed by atoms with Gasteiger partial charge in [-0.3, -0.25) is 0 Å². The smallest absolute Gasteiger partial charge is 0.342 e. The number of phenols is 2. The quantitative estimate of drug-likeness (QED) is 0.502. The molecule has 2 aromatic carbocycles. The predicted molar refractivity (Wildman–Crippen MR) is 121 cm³/mol. The highest BCUT2D eigenvalue weighted by Crippen LogP contribution is 2.39. The minimum absolute atomic E-state index is 0.0108. The van der Waals surface area contributed by atoms with E-state index in [1.807, 2.05) is 0 Å². The number of ether oxygens (including phenoxy) is 1. The molecular weight excluding hydrogens is 408 g/mol. The highest BCUT2D eigenvalue weighted by atomic mass is 16.5. The molecule has 0 aliphatic heterocycles. The Labute approximate surface area is 188 Å². The first-order valence-electron chi connectivity index (χ1n) is 11.5. The van der Waals surface area contributed by atoms with E-state index in [4.69, 9.17) is 9.84 Å². The molecule has 2 aliphatic rings. The van der Waals surface area contributed by atoms with Gasteiger partial charge in [-0.2, -0.15) is 0 Å². The number of phenolic OH excluding ortho intramolecular Hbond substituents is 2. The van der Waals surface area contributed by atoms with Crippen LogP contribution in [0.1, 0.15) is 96.4 Å². The Kier molecular flexibility index (Phi) is 8.54. The maximum absolute atomic E-state index is 11.8. The molecule has 32 heavy (non-hydrogen) atoms. The van der Waals surface area contributed by atoms with Crippen LogP contribution in [-0.4, -0.2) is 33.4 Å². The monoisotopic (exact) mass is 440 g/mol. The number of rotatable bonds is 4. The van der Waals surface area contributed by atoms with Crippen molar-refractivity contribution >= 4 is 11.9 Å². The van der Waals surface area contributed by atoms with Crippen molar-refractivity contribution in [3.05, 3.63) is 59.2 Å². The van der Waals surface area contributed by atoms with Gasteiger partial charge in [0.05, 0.1) is 5.56 Å². The van der Waals surface area contributed by atoms with Crippen molar-refractivity contribution in [2.75, 3.05) is 0 Å². The van der Waals surface area contributed by atoms with Crippen LogP contribution in [0.4, 0.5) is 0 Å². The lowest BCUT2D eigenvalue weighted by atomic mass is 9.81. The van der Waals surface area contributed by atoms with E-state index in [0.29, 0.717) is 5.56 Å². The molecule has 2 aromatic rings. The van der Waals surface area contributed by atoms with E-state index in [-0.39, 0.29) is 34.6 Å². The van der Waals surface area contributed by atoms with Crippen LogP contribution in [0.2, 0.25) is 0 Å². The number of carboxylic acid groups (broad SMARTS) is 1. The number of carboxylic acids is 1. The molecule has 0 heterocycles. The largest absolute Gasteiger partial charge is 0.508 e. The Bertz CT molecular complexity index is 910. The van der Waals surface area contributed by atoms with Gasteiger partial charge in [-0.15, -0.1) is 0 Å². The Morgan fingerprint density at radius 3 is 1.91 bits per heavy atom. The van der Waals surface area contributed by atoms with Gasteiger partial charge in [-0.1, -0.05) is 43.9 Å². The van der Waals surface area contributed by atoms with Crippen molar-refractivity contribution in [1.29, 1.82) is 0 Å². The SMILES string of the molecule is O=C(O)c1cccc(O)c1C1CCCCC1.O=C(OC1CCCCC1)c1ccccc1O. The molecule has 6 nitrogen and oxygen atoms in total. The molecule has 2 saturated carbocycles. The van der Waals surface area contributed by atoms with Crippen molar-refractivity contribution in [3.63, 3.8) is 0 Å². The van der Waals surface area contributed by atoms with Gasteiger partial charge < -0.3 is 20.1 Å². The van der Waals surface area contributed by atoms with Crippen molar-refractivity contribution in [1.82, 2.24) is 0 Å². The van der Waals surface area contributed by atoms with Gasteiger partial charge in [0.1, 0.15) is 23.2 Å². The van der Waals surface area contributed by atoms with E-state index in [0.717, 1.165) is 51.4 Å². The number of carbonyl (C=O) groups is 2. The van der Waals surface area contributed by atoms with E-state index in [1.54, 1.807) is 36.4 Å². The number of aromatic hydroxyl groups is 2. The summed E-state index contributed by atoms with van der Waals surface area (Å²) in [5.74, 6) is -1.03. The number of para-hydroxylation sites is 1. The number of aromatic carboxylic acids is 1. The lowest BCUT2D eigenvalue weighted by Gasteiger charge is -2.24. The van der Waals surface area contributed by atoms with E-state index in [9.17, 15) is 19.8 Å². The number of hydrogen-bond donors (Lipinski definition) is 3. The molecule has 3 N–H and O–H groups in total. The number of hydrogen-bond acceptors (Lipinski definition) is 5. The maximum Gasteiger partial charge on any atom is 0.342 e. The molecule has 6 heteroatoms. The zero-order valence-electron chi connectivity index (χ0n) is 18.3. The molecule has 0 radical (unpaired) electrons. The third-order valence-corrected chi connectivity index (χ3v) is 6.28. The zero-order chi connectivity index (χ0) is 22.9. The molecule has 172 valence electrons. The molecule has 2 aliphatic carbocycles. The van der Waals surface area contributed by atoms with Crippen LogP contribution in [0, 0.1) is 0 Å². The van der Waals surface area contributed by atoms with Gasteiger partial charge in [0.15, 0.2) is 0 Å². The van der Waals surface area contributed by atoms with Crippen LogP contribution in [0.25, 0.3) is 0 Å². The fraction of sp³-hybridized carbons (Fsp3) is 0.462. The third kappa shape index (κ3) is 6.25. The van der Waals surface area contributed by atoms with Gasteiger partial charge in [0, 0.05) is 5.56 Å². The molecule has 0 saturated heterocycles. The van der Waals surface area contributed by atoms with E-state index in [1.165, 1.54) is 18.9 Å². The van der Waals surface area contributed by atoms with Crippen LogP contribution in [-0.2, 0) is 4.74 Å². The van der Waals surface area contributed by atoms with Crippen LogP contribution in [0.15, 0.2) is 42.5 Å². The lowest BCUT2D eigenvalue weighted by molar-refractivity contribution is 0.0208. The average Bonchev–Trinajstić information content (AvgIpc) is 2.81. The number of esters is 1. The summed E-state index contributed by atoms with van der Waals surface area (Å²) in [4.78, 5) is 22.9. The summed E-state index contributed by atoms with van der Waals surface area (Å²) in [5.41, 5.74) is 1.15. The maximum atomic E-state index is 11.8. The average molecular weight is 441 g/mol. The van der Waals surface area contributed by atoms with E-state index < -0.39 is 11.9 Å². The van der Waals surface area contributed by atoms with Crippen molar-refractivity contribution in [3.8, 4) is 11.5 Å². The molecular formula is C26H32O6. The fourth-order valence-electron chi connectivity index (χ4n) is 4.60. The standard InChI is InChI=1S/2C13H16O3/c14-12-9-5-4-8-11(12)13(15)16-10-6-2-1-3-7-10;14-11-8-4-7-10(13(15)16)12(11)9-5-2-1-3-6-9/h4-5,8-10,14H,1-3,6-7H2;4,7-9,14H,1-3,5-6H2,(H,15,16). The summed E-state index contributed by atoms with van der Waals surface area (Å²) in [7, 11) is 0. The summed E-state index contributed by atoms with van der Waals surface area (Å²) in [6.07, 6.45) is 10.8. The Hall–Kier alpha value is -3.02. The molecule has 2 fully saturated rings. The Morgan fingerprint density at radius 1 is 0.719 bits per heavy atom. The number of benzene rings is 2. The Balaban J connectivity index is 0.000000181. The fourth-order valence-corrected chi connectivity index (χ4v) is 4.60.